The summed E-state index contributed by atoms with van der Waals surface area (Å²) in [7, 11) is 0. The van der Waals surface area contributed by atoms with Gasteiger partial charge >= 0.3 is 0 Å². The van der Waals surface area contributed by atoms with E-state index in [0.717, 1.165) is 18.0 Å². The molecular formula is C16H16ClN. The van der Waals surface area contributed by atoms with Gasteiger partial charge in [0.15, 0.2) is 0 Å². The van der Waals surface area contributed by atoms with Gasteiger partial charge in [0.25, 0.3) is 0 Å². The van der Waals surface area contributed by atoms with Crippen molar-refractivity contribution in [3.05, 3.63) is 64.2 Å². The zero-order valence-electron chi connectivity index (χ0n) is 10.4. The summed E-state index contributed by atoms with van der Waals surface area (Å²) < 4.78 is 0. The van der Waals surface area contributed by atoms with E-state index in [1.54, 1.807) is 0 Å². The van der Waals surface area contributed by atoms with Crippen molar-refractivity contribution in [3.8, 4) is 0 Å². The third-order valence-corrected chi connectivity index (χ3v) is 3.85. The highest BCUT2D eigenvalue weighted by Crippen LogP contribution is 2.37. The molecule has 2 heteroatoms. The molecule has 1 heterocycles. The molecule has 1 aliphatic rings. The van der Waals surface area contributed by atoms with Gasteiger partial charge in [-0.05, 0) is 36.6 Å². The van der Waals surface area contributed by atoms with Crippen molar-refractivity contribution in [1.29, 1.82) is 0 Å². The Kier molecular flexibility index (Phi) is 3.00. The standard InChI is InChI=1S/C16H16ClN/c1-11-2-4-12(5-3-11)14-8-9-18-16-10-13(17)6-7-15(14)16/h2-7,10,14,18H,8-9H2,1H3/t14-/m1/s1. The van der Waals surface area contributed by atoms with Gasteiger partial charge in [-0.2, -0.15) is 0 Å². The van der Waals surface area contributed by atoms with E-state index in [-0.39, 0.29) is 0 Å². The molecule has 18 heavy (non-hydrogen) atoms. The van der Waals surface area contributed by atoms with Crippen LogP contribution in [0.3, 0.4) is 0 Å². The Bertz CT molecular complexity index is 560. The van der Waals surface area contributed by atoms with Crippen LogP contribution in [-0.4, -0.2) is 6.54 Å². The highest BCUT2D eigenvalue weighted by Gasteiger charge is 2.21. The molecule has 0 bridgehead atoms. The van der Waals surface area contributed by atoms with E-state index in [4.69, 9.17) is 11.6 Å². The van der Waals surface area contributed by atoms with Crippen molar-refractivity contribution in [2.24, 2.45) is 0 Å². The lowest BCUT2D eigenvalue weighted by Crippen LogP contribution is -2.17. The predicted octanol–water partition coefficient (Wildman–Crippen LogP) is 4.60. The highest BCUT2D eigenvalue weighted by molar-refractivity contribution is 6.30. The maximum absolute atomic E-state index is 6.05. The fourth-order valence-corrected chi connectivity index (χ4v) is 2.81. The molecule has 0 amide bonds. The first-order valence-corrected chi connectivity index (χ1v) is 6.72. The van der Waals surface area contributed by atoms with Crippen LogP contribution >= 0.6 is 11.6 Å². The molecule has 1 N–H and O–H groups in total. The minimum atomic E-state index is 0.485. The van der Waals surface area contributed by atoms with Gasteiger partial charge in [-0.25, -0.2) is 0 Å². The van der Waals surface area contributed by atoms with Gasteiger partial charge in [0.1, 0.15) is 0 Å². The monoisotopic (exact) mass is 257 g/mol. The van der Waals surface area contributed by atoms with Crippen LogP contribution in [-0.2, 0) is 0 Å². The Morgan fingerprint density at radius 2 is 1.89 bits per heavy atom. The Balaban J connectivity index is 2.03. The summed E-state index contributed by atoms with van der Waals surface area (Å²) in [5.41, 5.74) is 5.24. The van der Waals surface area contributed by atoms with E-state index in [1.165, 1.54) is 22.4 Å². The van der Waals surface area contributed by atoms with Gasteiger partial charge in [0.05, 0.1) is 0 Å². The molecule has 0 fully saturated rings. The minimum Gasteiger partial charge on any atom is -0.385 e. The number of rotatable bonds is 1. The van der Waals surface area contributed by atoms with Gasteiger partial charge in [-0.3, -0.25) is 0 Å². The molecule has 0 saturated heterocycles. The molecule has 2 aromatic rings. The van der Waals surface area contributed by atoms with Crippen molar-refractivity contribution < 1.29 is 0 Å². The van der Waals surface area contributed by atoms with Crippen molar-refractivity contribution >= 4 is 17.3 Å². The maximum atomic E-state index is 6.05. The second kappa shape index (κ2) is 4.66. The van der Waals surface area contributed by atoms with E-state index in [1.807, 2.05) is 12.1 Å². The fourth-order valence-electron chi connectivity index (χ4n) is 2.64. The van der Waals surface area contributed by atoms with Crippen molar-refractivity contribution in [3.63, 3.8) is 0 Å². The van der Waals surface area contributed by atoms with E-state index >= 15 is 0 Å². The highest BCUT2D eigenvalue weighted by atomic mass is 35.5. The molecule has 92 valence electrons. The topological polar surface area (TPSA) is 12.0 Å². The normalized spacial score (nSPS) is 18.0. The lowest BCUT2D eigenvalue weighted by atomic mass is 9.85. The molecule has 1 atom stereocenters. The third kappa shape index (κ3) is 2.11. The van der Waals surface area contributed by atoms with Crippen LogP contribution in [0.4, 0.5) is 5.69 Å². The molecule has 3 rings (SSSR count). The van der Waals surface area contributed by atoms with Crippen molar-refractivity contribution in [2.45, 2.75) is 19.3 Å². The molecule has 0 aromatic heterocycles. The lowest BCUT2D eigenvalue weighted by molar-refractivity contribution is 0.720. The number of benzene rings is 2. The molecule has 1 aliphatic heterocycles. The second-order valence-electron chi connectivity index (χ2n) is 4.91. The number of hydrogen-bond acceptors (Lipinski definition) is 1. The van der Waals surface area contributed by atoms with Gasteiger partial charge in [-0.15, -0.1) is 0 Å². The summed E-state index contributed by atoms with van der Waals surface area (Å²) in [6.45, 7) is 3.13. The van der Waals surface area contributed by atoms with Crippen LogP contribution in [0.5, 0.6) is 0 Å². The Morgan fingerprint density at radius 1 is 1.11 bits per heavy atom. The van der Waals surface area contributed by atoms with E-state index < -0.39 is 0 Å². The number of nitrogens with one attached hydrogen (secondary N) is 1. The zero-order valence-corrected chi connectivity index (χ0v) is 11.2. The van der Waals surface area contributed by atoms with Gasteiger partial charge in [-0.1, -0.05) is 47.5 Å². The Labute approximate surface area is 113 Å². The number of halogens is 1. The van der Waals surface area contributed by atoms with Crippen LogP contribution in [0, 0.1) is 6.92 Å². The summed E-state index contributed by atoms with van der Waals surface area (Å²) in [6, 6.07) is 15.0. The third-order valence-electron chi connectivity index (χ3n) is 3.62. The molecule has 0 aliphatic carbocycles. The summed E-state index contributed by atoms with van der Waals surface area (Å²) in [6.07, 6.45) is 1.14. The average Bonchev–Trinajstić information content (AvgIpc) is 2.38. The molecule has 0 saturated carbocycles. The largest absolute Gasteiger partial charge is 0.385 e. The summed E-state index contributed by atoms with van der Waals surface area (Å²) in [5, 5.41) is 4.23. The number of hydrogen-bond donors (Lipinski definition) is 1. The smallest absolute Gasteiger partial charge is 0.0426 e. The van der Waals surface area contributed by atoms with Gasteiger partial charge < -0.3 is 5.32 Å². The van der Waals surface area contributed by atoms with Crippen LogP contribution < -0.4 is 5.32 Å². The number of anilines is 1. The summed E-state index contributed by atoms with van der Waals surface area (Å²) in [5.74, 6) is 0.485. The van der Waals surface area contributed by atoms with Crippen LogP contribution in [0.2, 0.25) is 5.02 Å². The summed E-state index contributed by atoms with van der Waals surface area (Å²) in [4.78, 5) is 0. The van der Waals surface area contributed by atoms with E-state index in [9.17, 15) is 0 Å². The van der Waals surface area contributed by atoms with Crippen LogP contribution in [0.15, 0.2) is 42.5 Å². The van der Waals surface area contributed by atoms with Gasteiger partial charge in [0, 0.05) is 23.2 Å². The molecule has 0 radical (unpaired) electrons. The van der Waals surface area contributed by atoms with Gasteiger partial charge in [0.2, 0.25) is 0 Å². The fraction of sp³-hybridized carbons (Fsp3) is 0.250. The van der Waals surface area contributed by atoms with Crippen molar-refractivity contribution in [2.75, 3.05) is 11.9 Å². The Hall–Kier alpha value is -1.47. The van der Waals surface area contributed by atoms with E-state index in [2.05, 4.69) is 42.6 Å². The first-order valence-electron chi connectivity index (χ1n) is 6.34. The predicted molar refractivity (Wildman–Crippen MR) is 77.6 cm³/mol. The first kappa shape index (κ1) is 11.6. The van der Waals surface area contributed by atoms with Crippen LogP contribution in [0.25, 0.3) is 0 Å². The first-order chi connectivity index (χ1) is 8.74. The zero-order chi connectivity index (χ0) is 12.5. The minimum absolute atomic E-state index is 0.485. The molecular weight excluding hydrogens is 242 g/mol. The van der Waals surface area contributed by atoms with Crippen molar-refractivity contribution in [1.82, 2.24) is 0 Å². The lowest BCUT2D eigenvalue weighted by Gasteiger charge is -2.27. The molecule has 2 aromatic carbocycles. The van der Waals surface area contributed by atoms with Crippen LogP contribution in [0.1, 0.15) is 29.0 Å². The molecule has 0 spiro atoms. The SMILES string of the molecule is Cc1ccc([C@H]2CCNc3cc(Cl)ccc32)cc1. The quantitative estimate of drug-likeness (QED) is 0.788. The number of fused-ring (bicyclic) bond motifs is 1. The molecule has 1 nitrogen and oxygen atoms in total. The summed E-state index contributed by atoms with van der Waals surface area (Å²) >= 11 is 6.05. The average molecular weight is 258 g/mol. The second-order valence-corrected chi connectivity index (χ2v) is 5.35. The number of aryl methyl sites for hydroxylation is 1. The maximum Gasteiger partial charge on any atom is 0.0426 e. The molecule has 0 unspecified atom stereocenters. The van der Waals surface area contributed by atoms with E-state index in [0.29, 0.717) is 5.92 Å². The Morgan fingerprint density at radius 3 is 2.67 bits per heavy atom.